The molecule has 0 radical (unpaired) electrons. The molecule has 2 aliphatic heterocycles. The molecule has 0 N–H and O–H groups in total. The van der Waals surface area contributed by atoms with E-state index in [2.05, 4.69) is 26.5 Å². The summed E-state index contributed by atoms with van der Waals surface area (Å²) in [6.45, 7) is 11.6. The summed E-state index contributed by atoms with van der Waals surface area (Å²) < 4.78 is 17.0. The molecule has 0 aromatic heterocycles. The second kappa shape index (κ2) is 7.63. The second-order valence-electron chi connectivity index (χ2n) is 8.24. The van der Waals surface area contributed by atoms with Crippen molar-refractivity contribution >= 4 is 11.9 Å². The molecule has 5 heteroatoms. The molecule has 2 heterocycles. The molecule has 27 heavy (non-hydrogen) atoms. The highest BCUT2D eigenvalue weighted by Gasteiger charge is 2.51. The maximum absolute atomic E-state index is 12.1. The van der Waals surface area contributed by atoms with Gasteiger partial charge in [-0.15, -0.1) is 0 Å². The van der Waals surface area contributed by atoms with Crippen LogP contribution in [0.25, 0.3) is 0 Å². The van der Waals surface area contributed by atoms with Crippen LogP contribution in [0.5, 0.6) is 0 Å². The van der Waals surface area contributed by atoms with Crippen LogP contribution in [0.1, 0.15) is 66.2 Å². The lowest BCUT2D eigenvalue weighted by Crippen LogP contribution is -2.22. The van der Waals surface area contributed by atoms with Crippen molar-refractivity contribution in [2.24, 2.45) is 0 Å². The van der Waals surface area contributed by atoms with Crippen LogP contribution < -0.4 is 0 Å². The Morgan fingerprint density at radius 2 is 2.00 bits per heavy atom. The molecule has 3 aliphatic rings. The molecular formula is C22H30O5. The number of rotatable bonds is 1. The van der Waals surface area contributed by atoms with Crippen molar-refractivity contribution in [3.05, 3.63) is 34.9 Å². The van der Waals surface area contributed by atoms with Crippen molar-refractivity contribution in [2.75, 3.05) is 0 Å². The summed E-state index contributed by atoms with van der Waals surface area (Å²) in [5.74, 6) is -0.546. The van der Waals surface area contributed by atoms with Crippen molar-refractivity contribution in [3.8, 4) is 0 Å². The van der Waals surface area contributed by atoms with E-state index in [9.17, 15) is 9.59 Å². The summed E-state index contributed by atoms with van der Waals surface area (Å²) in [7, 11) is 0. The van der Waals surface area contributed by atoms with Gasteiger partial charge in [-0.1, -0.05) is 12.2 Å². The number of hydrogen-bond donors (Lipinski definition) is 0. The molecule has 3 rings (SSSR count). The van der Waals surface area contributed by atoms with Crippen LogP contribution in [0, 0.1) is 0 Å². The average Bonchev–Trinajstić information content (AvgIpc) is 3.17. The molecule has 5 nitrogen and oxygen atoms in total. The molecule has 148 valence electrons. The first-order chi connectivity index (χ1) is 12.7. The molecule has 4 atom stereocenters. The van der Waals surface area contributed by atoms with Crippen LogP contribution >= 0.6 is 0 Å². The fraction of sp³-hybridized carbons (Fsp3) is 0.636. The van der Waals surface area contributed by atoms with E-state index in [0.29, 0.717) is 24.8 Å². The van der Waals surface area contributed by atoms with Gasteiger partial charge in [-0.05, 0) is 76.5 Å². The SMILES string of the molecule is C=C1CCC2=C(C)C(=O)O[C@H]2C=C(C)CC[C@H]2O[C@]2(C)CC[C@@H]1OC(C)=O. The maximum atomic E-state index is 12.1. The lowest BCUT2D eigenvalue weighted by molar-refractivity contribution is -0.145. The summed E-state index contributed by atoms with van der Waals surface area (Å²) in [4.78, 5) is 23.6. The average molecular weight is 374 g/mol. The molecular weight excluding hydrogens is 344 g/mol. The van der Waals surface area contributed by atoms with Gasteiger partial charge >= 0.3 is 11.9 Å². The lowest BCUT2D eigenvalue weighted by atomic mass is 9.90. The second-order valence-corrected chi connectivity index (χ2v) is 8.24. The summed E-state index contributed by atoms with van der Waals surface area (Å²) in [6.07, 6.45) is 6.40. The zero-order valence-corrected chi connectivity index (χ0v) is 16.8. The van der Waals surface area contributed by atoms with Crippen molar-refractivity contribution in [1.29, 1.82) is 0 Å². The van der Waals surface area contributed by atoms with E-state index < -0.39 is 0 Å². The number of hydrogen-bond acceptors (Lipinski definition) is 5. The minimum atomic E-state index is -0.318. The standard InChI is InChI=1S/C22H30O5/c1-13-6-9-20-22(5,27-20)11-10-18(25-16(4)23)14(2)7-8-17-15(3)21(24)26-19(17)12-13/h12,18-20H,2,6-11H2,1,3-5H3/t18-,19-,20+,22+/m0/s1. The van der Waals surface area contributed by atoms with Gasteiger partial charge in [0.25, 0.3) is 0 Å². The predicted octanol–water partition coefficient (Wildman–Crippen LogP) is 4.17. The lowest BCUT2D eigenvalue weighted by Gasteiger charge is -2.22. The summed E-state index contributed by atoms with van der Waals surface area (Å²) in [5, 5.41) is 0. The fourth-order valence-electron chi connectivity index (χ4n) is 4.08. The zero-order valence-electron chi connectivity index (χ0n) is 16.8. The minimum absolute atomic E-state index is 0.148. The Labute approximate surface area is 161 Å². The van der Waals surface area contributed by atoms with E-state index >= 15 is 0 Å². The normalized spacial score (nSPS) is 34.8. The first kappa shape index (κ1) is 19.9. The molecule has 0 unspecified atom stereocenters. The van der Waals surface area contributed by atoms with Crippen LogP contribution in [0.15, 0.2) is 34.9 Å². The van der Waals surface area contributed by atoms with E-state index in [1.807, 2.05) is 6.92 Å². The third-order valence-corrected chi connectivity index (χ3v) is 6.02. The first-order valence-electron chi connectivity index (χ1n) is 9.80. The van der Waals surface area contributed by atoms with Gasteiger partial charge in [0.05, 0.1) is 11.7 Å². The van der Waals surface area contributed by atoms with Gasteiger partial charge in [0, 0.05) is 12.5 Å². The van der Waals surface area contributed by atoms with E-state index in [0.717, 1.165) is 30.4 Å². The predicted molar refractivity (Wildman–Crippen MR) is 102 cm³/mol. The summed E-state index contributed by atoms with van der Waals surface area (Å²) >= 11 is 0. The number of carbonyl (C=O) groups excluding carboxylic acids is 2. The summed E-state index contributed by atoms with van der Waals surface area (Å²) in [6, 6.07) is 0. The number of ether oxygens (including phenoxy) is 3. The molecule has 1 fully saturated rings. The quantitative estimate of drug-likeness (QED) is 0.391. The van der Waals surface area contributed by atoms with Crippen LogP contribution in [-0.2, 0) is 23.8 Å². The van der Waals surface area contributed by atoms with Gasteiger partial charge in [0.15, 0.2) is 0 Å². The number of allylic oxidation sites excluding steroid dienone is 1. The van der Waals surface area contributed by atoms with Crippen LogP contribution in [0.3, 0.4) is 0 Å². The topological polar surface area (TPSA) is 65.1 Å². The van der Waals surface area contributed by atoms with Crippen molar-refractivity contribution in [1.82, 2.24) is 0 Å². The number of carbonyl (C=O) groups is 2. The maximum Gasteiger partial charge on any atom is 0.334 e. The van der Waals surface area contributed by atoms with Crippen molar-refractivity contribution in [3.63, 3.8) is 0 Å². The van der Waals surface area contributed by atoms with E-state index in [-0.39, 0.29) is 35.9 Å². The highest BCUT2D eigenvalue weighted by molar-refractivity contribution is 5.92. The smallest absolute Gasteiger partial charge is 0.334 e. The molecule has 0 amide bonds. The highest BCUT2D eigenvalue weighted by atomic mass is 16.6. The minimum Gasteiger partial charge on any atom is -0.458 e. The van der Waals surface area contributed by atoms with Gasteiger partial charge in [0.2, 0.25) is 0 Å². The fourth-order valence-corrected chi connectivity index (χ4v) is 4.08. The summed E-state index contributed by atoms with van der Waals surface area (Å²) in [5.41, 5.74) is 3.64. The Morgan fingerprint density at radius 1 is 1.26 bits per heavy atom. The van der Waals surface area contributed by atoms with Crippen molar-refractivity contribution < 1.29 is 23.8 Å². The number of esters is 2. The molecule has 0 aromatic carbocycles. The molecule has 0 aromatic rings. The third-order valence-electron chi connectivity index (χ3n) is 6.02. The Hall–Kier alpha value is -1.88. The monoisotopic (exact) mass is 374 g/mol. The molecule has 1 aliphatic carbocycles. The number of fused-ring (bicyclic) bond motifs is 2. The number of epoxide rings is 1. The third kappa shape index (κ3) is 4.52. The molecule has 0 spiro atoms. The Bertz CT molecular complexity index is 716. The molecule has 1 saturated heterocycles. The molecule has 0 bridgehead atoms. The largest absolute Gasteiger partial charge is 0.458 e. The van der Waals surface area contributed by atoms with E-state index in [1.54, 1.807) is 0 Å². The van der Waals surface area contributed by atoms with E-state index in [1.165, 1.54) is 12.5 Å². The zero-order chi connectivity index (χ0) is 19.8. The van der Waals surface area contributed by atoms with Gasteiger partial charge < -0.3 is 14.2 Å². The van der Waals surface area contributed by atoms with Gasteiger partial charge in [-0.3, -0.25) is 4.79 Å². The first-order valence-corrected chi connectivity index (χ1v) is 9.80. The highest BCUT2D eigenvalue weighted by Crippen LogP contribution is 2.44. The Balaban J connectivity index is 1.83. The van der Waals surface area contributed by atoms with Gasteiger partial charge in [-0.25, -0.2) is 4.79 Å². The van der Waals surface area contributed by atoms with E-state index in [4.69, 9.17) is 14.2 Å². The van der Waals surface area contributed by atoms with Crippen LogP contribution in [0.2, 0.25) is 0 Å². The Morgan fingerprint density at radius 3 is 2.70 bits per heavy atom. The van der Waals surface area contributed by atoms with Gasteiger partial charge in [0.1, 0.15) is 12.2 Å². The van der Waals surface area contributed by atoms with Crippen LogP contribution in [-0.4, -0.2) is 35.9 Å². The Kier molecular flexibility index (Phi) is 5.61. The van der Waals surface area contributed by atoms with Crippen molar-refractivity contribution in [2.45, 2.75) is 90.1 Å². The van der Waals surface area contributed by atoms with Gasteiger partial charge in [-0.2, -0.15) is 0 Å². The molecule has 0 saturated carbocycles. The van der Waals surface area contributed by atoms with Crippen LogP contribution in [0.4, 0.5) is 0 Å².